The van der Waals surface area contributed by atoms with Gasteiger partial charge in [-0.25, -0.2) is 4.79 Å². The van der Waals surface area contributed by atoms with Crippen molar-refractivity contribution in [3.8, 4) is 5.75 Å². The summed E-state index contributed by atoms with van der Waals surface area (Å²) in [6, 6.07) is 9.68. The molecule has 0 spiro atoms. The number of rotatable bonds is 5. The SMILES string of the molecule is O=C(OCC(F)(F)F)c1occc(=O)c1OCc1ccccc1. The smallest absolute Gasteiger partial charge is 0.422 e. The highest BCUT2D eigenvalue weighted by atomic mass is 19.4. The lowest BCUT2D eigenvalue weighted by atomic mass is 10.2. The fourth-order valence-corrected chi connectivity index (χ4v) is 1.63. The third-order valence-corrected chi connectivity index (χ3v) is 2.61. The van der Waals surface area contributed by atoms with Gasteiger partial charge < -0.3 is 13.9 Å². The van der Waals surface area contributed by atoms with E-state index in [1.165, 1.54) is 0 Å². The average Bonchev–Trinajstić information content (AvgIpc) is 2.51. The summed E-state index contributed by atoms with van der Waals surface area (Å²) in [4.78, 5) is 23.4. The molecule has 8 heteroatoms. The second kappa shape index (κ2) is 6.99. The molecule has 0 saturated heterocycles. The number of carbonyl (C=O) groups excluding carboxylic acids is 1. The molecular weight excluding hydrogens is 317 g/mol. The molecule has 23 heavy (non-hydrogen) atoms. The quantitative estimate of drug-likeness (QED) is 0.790. The van der Waals surface area contributed by atoms with Crippen molar-refractivity contribution in [3.63, 3.8) is 0 Å². The van der Waals surface area contributed by atoms with Gasteiger partial charge in [0.1, 0.15) is 6.61 Å². The summed E-state index contributed by atoms with van der Waals surface area (Å²) in [7, 11) is 0. The van der Waals surface area contributed by atoms with Crippen LogP contribution in [-0.2, 0) is 11.3 Å². The van der Waals surface area contributed by atoms with Crippen molar-refractivity contribution in [2.75, 3.05) is 6.61 Å². The number of hydrogen-bond acceptors (Lipinski definition) is 5. The van der Waals surface area contributed by atoms with E-state index in [0.717, 1.165) is 12.3 Å². The molecule has 1 aromatic heterocycles. The van der Waals surface area contributed by atoms with Gasteiger partial charge in [-0.05, 0) is 5.56 Å². The van der Waals surface area contributed by atoms with Crippen LogP contribution in [0.2, 0.25) is 0 Å². The van der Waals surface area contributed by atoms with E-state index in [9.17, 15) is 22.8 Å². The third-order valence-electron chi connectivity index (χ3n) is 2.61. The monoisotopic (exact) mass is 328 g/mol. The first-order valence-electron chi connectivity index (χ1n) is 6.39. The van der Waals surface area contributed by atoms with Crippen LogP contribution >= 0.6 is 0 Å². The highest BCUT2D eigenvalue weighted by Gasteiger charge is 2.31. The summed E-state index contributed by atoms with van der Waals surface area (Å²) >= 11 is 0. The second-order valence-corrected chi connectivity index (χ2v) is 4.41. The number of esters is 1. The molecule has 122 valence electrons. The Morgan fingerprint density at radius 1 is 1.13 bits per heavy atom. The van der Waals surface area contributed by atoms with Crippen molar-refractivity contribution in [3.05, 3.63) is 64.2 Å². The first-order chi connectivity index (χ1) is 10.9. The molecule has 2 rings (SSSR count). The Bertz CT molecular complexity index is 722. The van der Waals surface area contributed by atoms with Gasteiger partial charge in [0.2, 0.25) is 11.2 Å². The van der Waals surface area contributed by atoms with Crippen LogP contribution in [0.4, 0.5) is 13.2 Å². The first-order valence-corrected chi connectivity index (χ1v) is 6.39. The fourth-order valence-electron chi connectivity index (χ4n) is 1.63. The zero-order valence-corrected chi connectivity index (χ0v) is 11.6. The van der Waals surface area contributed by atoms with Gasteiger partial charge in [0.25, 0.3) is 5.76 Å². The van der Waals surface area contributed by atoms with Crippen molar-refractivity contribution in [2.24, 2.45) is 0 Å². The lowest BCUT2D eigenvalue weighted by Gasteiger charge is -2.10. The van der Waals surface area contributed by atoms with Crippen LogP contribution in [0.3, 0.4) is 0 Å². The number of hydrogen-bond donors (Lipinski definition) is 0. The van der Waals surface area contributed by atoms with Gasteiger partial charge in [0.05, 0.1) is 6.26 Å². The molecule has 0 aliphatic carbocycles. The van der Waals surface area contributed by atoms with Crippen LogP contribution in [0.5, 0.6) is 5.75 Å². The molecule has 0 saturated carbocycles. The van der Waals surface area contributed by atoms with Crippen LogP contribution in [0.15, 0.2) is 51.9 Å². The maximum Gasteiger partial charge on any atom is 0.422 e. The average molecular weight is 328 g/mol. The van der Waals surface area contributed by atoms with E-state index < -0.39 is 35.7 Å². The van der Waals surface area contributed by atoms with E-state index in [2.05, 4.69) is 4.74 Å². The molecule has 2 aromatic rings. The number of carbonyl (C=O) groups is 1. The van der Waals surface area contributed by atoms with Gasteiger partial charge in [-0.1, -0.05) is 30.3 Å². The Hall–Kier alpha value is -2.77. The molecule has 0 amide bonds. The van der Waals surface area contributed by atoms with Crippen molar-refractivity contribution in [2.45, 2.75) is 12.8 Å². The van der Waals surface area contributed by atoms with Crippen LogP contribution in [0.25, 0.3) is 0 Å². The second-order valence-electron chi connectivity index (χ2n) is 4.41. The zero-order chi connectivity index (χ0) is 16.9. The molecule has 5 nitrogen and oxygen atoms in total. The molecular formula is C15H11F3O5. The molecule has 0 aliphatic heterocycles. The van der Waals surface area contributed by atoms with Gasteiger partial charge in [-0.3, -0.25) is 4.79 Å². The maximum atomic E-state index is 12.1. The summed E-state index contributed by atoms with van der Waals surface area (Å²) < 4.78 is 50.3. The van der Waals surface area contributed by atoms with E-state index in [1.807, 2.05) is 0 Å². The fraction of sp³-hybridized carbons (Fsp3) is 0.200. The summed E-state index contributed by atoms with van der Waals surface area (Å²) in [5, 5.41) is 0. The largest absolute Gasteiger partial charge is 0.481 e. The Labute approximate surface area is 128 Å². The normalized spacial score (nSPS) is 11.1. The minimum Gasteiger partial charge on any atom is -0.481 e. The Morgan fingerprint density at radius 3 is 2.48 bits per heavy atom. The van der Waals surface area contributed by atoms with E-state index in [1.54, 1.807) is 30.3 Å². The summed E-state index contributed by atoms with van der Waals surface area (Å²) in [5.74, 6) is -2.63. The number of alkyl halides is 3. The van der Waals surface area contributed by atoms with Gasteiger partial charge >= 0.3 is 12.1 Å². The van der Waals surface area contributed by atoms with Crippen LogP contribution in [-0.4, -0.2) is 18.8 Å². The van der Waals surface area contributed by atoms with Gasteiger partial charge in [0, 0.05) is 6.07 Å². The van der Waals surface area contributed by atoms with Crippen molar-refractivity contribution < 1.29 is 31.9 Å². The minimum absolute atomic E-state index is 0.0604. The molecule has 0 fully saturated rings. The Kier molecular flexibility index (Phi) is 5.05. The molecule has 0 N–H and O–H groups in total. The molecule has 0 atom stereocenters. The summed E-state index contributed by atoms with van der Waals surface area (Å²) in [5.41, 5.74) is -0.00324. The highest BCUT2D eigenvalue weighted by molar-refractivity contribution is 5.89. The van der Waals surface area contributed by atoms with E-state index >= 15 is 0 Å². The first kappa shape index (κ1) is 16.6. The lowest BCUT2D eigenvalue weighted by Crippen LogP contribution is -2.22. The van der Waals surface area contributed by atoms with E-state index in [-0.39, 0.29) is 6.61 Å². The molecule has 0 unspecified atom stereocenters. The number of benzene rings is 1. The number of ether oxygens (including phenoxy) is 2. The van der Waals surface area contributed by atoms with Gasteiger partial charge in [-0.2, -0.15) is 13.2 Å². The molecule has 1 aromatic carbocycles. The predicted octanol–water partition coefficient (Wildman–Crippen LogP) is 2.94. The third kappa shape index (κ3) is 4.87. The van der Waals surface area contributed by atoms with Gasteiger partial charge in [0.15, 0.2) is 6.61 Å². The van der Waals surface area contributed by atoms with Gasteiger partial charge in [-0.15, -0.1) is 0 Å². The molecule has 0 bridgehead atoms. The maximum absolute atomic E-state index is 12.1. The minimum atomic E-state index is -4.68. The van der Waals surface area contributed by atoms with Crippen LogP contribution in [0.1, 0.15) is 16.1 Å². The van der Waals surface area contributed by atoms with Crippen molar-refractivity contribution >= 4 is 5.97 Å². The van der Waals surface area contributed by atoms with Crippen molar-refractivity contribution in [1.82, 2.24) is 0 Å². The highest BCUT2D eigenvalue weighted by Crippen LogP contribution is 2.19. The summed E-state index contributed by atoms with van der Waals surface area (Å²) in [6.45, 7) is -1.85. The van der Waals surface area contributed by atoms with Crippen LogP contribution in [0, 0.1) is 0 Å². The Morgan fingerprint density at radius 2 is 1.83 bits per heavy atom. The Balaban J connectivity index is 2.16. The standard InChI is InChI=1S/C15H11F3O5/c16-15(17,18)9-23-14(20)13-12(11(19)6-7-21-13)22-8-10-4-2-1-3-5-10/h1-7H,8-9H2. The zero-order valence-electron chi connectivity index (χ0n) is 11.6. The van der Waals surface area contributed by atoms with Crippen molar-refractivity contribution in [1.29, 1.82) is 0 Å². The topological polar surface area (TPSA) is 65.7 Å². The van der Waals surface area contributed by atoms with Crippen LogP contribution < -0.4 is 10.2 Å². The predicted molar refractivity (Wildman–Crippen MR) is 72.1 cm³/mol. The number of halogens is 3. The van der Waals surface area contributed by atoms with E-state index in [0.29, 0.717) is 5.56 Å². The summed E-state index contributed by atoms with van der Waals surface area (Å²) in [6.07, 6.45) is -3.81. The molecule has 1 heterocycles. The molecule has 0 aliphatic rings. The molecule has 0 radical (unpaired) electrons. The lowest BCUT2D eigenvalue weighted by molar-refractivity contribution is -0.161. The van der Waals surface area contributed by atoms with E-state index in [4.69, 9.17) is 9.15 Å².